The Morgan fingerprint density at radius 3 is 1.24 bits per heavy atom. The molecule has 744 valence electrons. The number of para-hydroxylation sites is 4. The van der Waals surface area contributed by atoms with Crippen molar-refractivity contribution in [3.05, 3.63) is 383 Å². The van der Waals surface area contributed by atoms with E-state index in [9.17, 15) is 54.3 Å². The number of anilines is 1. The van der Waals surface area contributed by atoms with E-state index in [2.05, 4.69) is 50.8 Å². The van der Waals surface area contributed by atoms with Crippen LogP contribution in [0, 0.1) is 30.3 Å². The maximum atomic E-state index is 12.7. The molecule has 0 fully saturated rings. The van der Waals surface area contributed by atoms with Gasteiger partial charge < -0.3 is 61.7 Å². The van der Waals surface area contributed by atoms with Crippen LogP contribution in [0.4, 0.5) is 22.7 Å². The average molecular weight is 2090 g/mol. The van der Waals surface area contributed by atoms with Crippen molar-refractivity contribution < 1.29 is 71.9 Å². The molecule has 0 saturated carbocycles. The summed E-state index contributed by atoms with van der Waals surface area (Å²) in [6, 6.07) is 66.6. The fraction of sp³-hybridized carbons (Fsp3) is 0.174. The second-order valence-electron chi connectivity index (χ2n) is 34.1. The van der Waals surface area contributed by atoms with Crippen molar-refractivity contribution >= 4 is 231 Å². The number of cyclic esters (lactones) is 1. The molecule has 1 aliphatic rings. The molecule has 1 aliphatic heterocycles. The van der Waals surface area contributed by atoms with E-state index in [1.54, 1.807) is 132 Å². The van der Waals surface area contributed by atoms with Gasteiger partial charge in [0.05, 0.1) is 126 Å². The predicted molar refractivity (Wildman–Crippen MR) is 568 cm³/mol. The van der Waals surface area contributed by atoms with Gasteiger partial charge in [-0.3, -0.25) is 30.3 Å². The van der Waals surface area contributed by atoms with Crippen molar-refractivity contribution in [1.82, 2.24) is 47.8 Å². The molecule has 10 aromatic carbocycles. The van der Waals surface area contributed by atoms with Crippen LogP contribution in [0.25, 0.3) is 109 Å². The SMILES string of the molecule is CC1OC(=O)c2ncc3c(c21)c1ccccc1n3Cc1cc(Cl)ccc1Cl.CCOC(=O)c1cc2c3cc(N)ccc3n(Cc3cc([N+](=O)[O-])cc([N+](=O)[O-])c3)c2cn1.CCOC(=O)c1cc2c3ccccc3n(Cc3cc(Cl)ccc3Cl)c2cn1.CCOC(=O)c1cc2c3ccccc3n(Cc3cc([N+](=O)[O-])ccc3OC)c2cn1.COCc1c(C(=O)OC(C)C)ncc2c1c1ccccc1n2Cc1cc(Cl)ccc1Cl. The lowest BCUT2D eigenvalue weighted by molar-refractivity contribution is -0.394. The summed E-state index contributed by atoms with van der Waals surface area (Å²) in [5.41, 5.74) is 21.3. The van der Waals surface area contributed by atoms with Gasteiger partial charge in [0.25, 0.3) is 17.1 Å². The molecular formula is C109H88Cl6N14O18. The number of fused-ring (bicyclic) bond motifs is 17. The number of nitrogens with two attached hydrogens (primary N) is 1. The molecule has 0 spiro atoms. The molecule has 2 N–H and O–H groups in total. The van der Waals surface area contributed by atoms with E-state index >= 15 is 0 Å². The number of nitrogen functional groups attached to an aromatic ring is 1. The van der Waals surface area contributed by atoms with Crippen molar-refractivity contribution in [2.45, 2.75) is 93.1 Å². The van der Waals surface area contributed by atoms with Crippen LogP contribution in [0.5, 0.6) is 5.75 Å². The van der Waals surface area contributed by atoms with Gasteiger partial charge in [0.1, 0.15) is 28.9 Å². The zero-order valence-corrected chi connectivity index (χ0v) is 84.3. The molecule has 11 heterocycles. The zero-order valence-electron chi connectivity index (χ0n) is 79.8. The number of nitro benzene ring substituents is 3. The van der Waals surface area contributed by atoms with Crippen LogP contribution in [0.1, 0.15) is 139 Å². The first-order chi connectivity index (χ1) is 70.8. The Balaban J connectivity index is 0.000000126. The highest BCUT2D eigenvalue weighted by atomic mass is 35.5. The molecule has 20 aromatic rings. The molecule has 0 saturated heterocycles. The quantitative estimate of drug-likeness (QED) is 0.0193. The van der Waals surface area contributed by atoms with Gasteiger partial charge in [-0.05, 0) is 185 Å². The molecule has 1 atom stereocenters. The highest BCUT2D eigenvalue weighted by molar-refractivity contribution is 6.35. The normalized spacial score (nSPS) is 12.1. The lowest BCUT2D eigenvalue weighted by Crippen LogP contribution is -2.16. The smallest absolute Gasteiger partial charge is 0.357 e. The molecule has 147 heavy (non-hydrogen) atoms. The second-order valence-corrected chi connectivity index (χ2v) is 36.6. The van der Waals surface area contributed by atoms with Gasteiger partial charge in [-0.25, -0.2) is 48.9 Å². The van der Waals surface area contributed by atoms with E-state index in [4.69, 9.17) is 108 Å². The molecule has 1 unspecified atom stereocenters. The number of non-ortho nitro benzene ring substituents is 3. The van der Waals surface area contributed by atoms with E-state index in [1.165, 1.54) is 37.6 Å². The fourth-order valence-corrected chi connectivity index (χ4v) is 19.4. The van der Waals surface area contributed by atoms with Crippen LogP contribution in [0.3, 0.4) is 0 Å². The molecule has 38 heteroatoms. The Hall–Kier alpha value is -16.2. The van der Waals surface area contributed by atoms with Gasteiger partial charge >= 0.3 is 29.8 Å². The molecule has 21 rings (SSSR count). The molecule has 10 aromatic heterocycles. The summed E-state index contributed by atoms with van der Waals surface area (Å²) in [6.45, 7) is 13.8. The number of ether oxygens (including phenoxy) is 7. The number of methoxy groups -OCH3 is 2. The first kappa shape index (κ1) is 102. The monoisotopic (exact) mass is 2090 g/mol. The fourth-order valence-electron chi connectivity index (χ4n) is 18.2. The van der Waals surface area contributed by atoms with E-state index < -0.39 is 38.6 Å². The van der Waals surface area contributed by atoms with Crippen molar-refractivity contribution in [3.8, 4) is 5.75 Å². The second kappa shape index (κ2) is 44.2. The summed E-state index contributed by atoms with van der Waals surface area (Å²) in [5, 5.41) is 46.8. The van der Waals surface area contributed by atoms with Gasteiger partial charge in [-0.15, -0.1) is 0 Å². The number of pyridine rings is 5. The predicted octanol–water partition coefficient (Wildman–Crippen LogP) is 25.9. The number of aromatic nitrogens is 10. The van der Waals surface area contributed by atoms with E-state index in [-0.39, 0.29) is 78.7 Å². The topological polar surface area (TPSA) is 394 Å². The van der Waals surface area contributed by atoms with Crippen LogP contribution >= 0.6 is 69.6 Å². The van der Waals surface area contributed by atoms with Gasteiger partial charge in [0.15, 0.2) is 11.4 Å². The average Bonchev–Trinajstić information content (AvgIpc) is 1.57. The largest absolute Gasteiger partial charge is 0.496 e. The molecule has 0 bridgehead atoms. The van der Waals surface area contributed by atoms with Crippen molar-refractivity contribution in [2.75, 3.05) is 39.8 Å². The molecular weight excluding hydrogens is 2010 g/mol. The third kappa shape index (κ3) is 21.3. The summed E-state index contributed by atoms with van der Waals surface area (Å²) >= 11 is 37.7. The molecule has 0 amide bonds. The minimum Gasteiger partial charge on any atom is -0.496 e. The minimum absolute atomic E-state index is 0.00529. The summed E-state index contributed by atoms with van der Waals surface area (Å²) in [5.74, 6) is -1.73. The maximum absolute atomic E-state index is 12.7. The number of benzene rings is 10. The Bertz CT molecular complexity index is 8670. The molecule has 0 radical (unpaired) electrons. The number of rotatable bonds is 24. The van der Waals surface area contributed by atoms with E-state index in [0.29, 0.717) is 113 Å². The number of nitro groups is 3. The van der Waals surface area contributed by atoms with Crippen molar-refractivity contribution in [2.24, 2.45) is 0 Å². The number of hydrogen-bond donors (Lipinski definition) is 1. The first-order valence-corrected chi connectivity index (χ1v) is 48.3. The molecule has 32 nitrogen and oxygen atoms in total. The van der Waals surface area contributed by atoms with Gasteiger partial charge in [-0.2, -0.15) is 0 Å². The summed E-state index contributed by atoms with van der Waals surface area (Å²) in [6.07, 6.45) is 7.73. The first-order valence-electron chi connectivity index (χ1n) is 46.0. The molecule has 0 aliphatic carbocycles. The Kier molecular flexibility index (Phi) is 30.7. The van der Waals surface area contributed by atoms with Crippen LogP contribution in [0.15, 0.2) is 255 Å². The van der Waals surface area contributed by atoms with Crippen LogP contribution < -0.4 is 10.5 Å². The van der Waals surface area contributed by atoms with Crippen LogP contribution in [-0.2, 0) is 67.8 Å². The number of carbonyl (C=O) groups is 5. The highest BCUT2D eigenvalue weighted by Gasteiger charge is 2.35. The van der Waals surface area contributed by atoms with E-state index in [1.807, 2.05) is 133 Å². The number of nitrogens with zero attached hydrogens (tertiary/aromatic N) is 13. The van der Waals surface area contributed by atoms with Crippen LogP contribution in [0.2, 0.25) is 30.1 Å². The van der Waals surface area contributed by atoms with Gasteiger partial charge in [-0.1, -0.05) is 142 Å². The van der Waals surface area contributed by atoms with E-state index in [0.717, 1.165) is 126 Å². The standard InChI is InChI=1S/C24H22Cl2N2O3.C22H19N3O5.C21H14Cl2N2O2.C21H16Cl2N2O2.C21H17N5O6/c1-14(2)31-24(29)23-18(13-30-3)22-17-6-4-5-7-20(17)28(21(22)11-27-23)12-15-10-16(25)8-9-19(15)26;1-3-30-22(26)18-11-17-16-6-4-5-7-19(16)24(20(17)12-23-18)13-14-10-15(25(27)28)8-9-21(14)29-2;1-11-18-19-14-4-2-3-5-16(14)25(10-12-8-13(22)6-7-15(12)23)17(19)9-24-20(18)21(26)27-11;1-2-27-21(26)18-10-16-15-5-3-4-6-19(15)25(20(16)11-24-18)12-13-9-14(22)7-8-17(13)23;1-2-32-21(27)18-9-17-16-7-13(22)3-4-19(16)24(20(17)10-23-18)11-12-5-14(25(28)29)8-15(6-12)26(30)31/h4-11,14H,12-13H2,1-3H3;4-12H,3,13H2,1-2H3;2-9,11H,10H2,1H3;3-11H,2,12H2,1H3;3-10H,2,11,22H2,1H3. The number of halogens is 6. The summed E-state index contributed by atoms with van der Waals surface area (Å²) in [4.78, 5) is 115. The van der Waals surface area contributed by atoms with Crippen molar-refractivity contribution in [1.29, 1.82) is 0 Å². The minimum atomic E-state index is -0.670. The van der Waals surface area contributed by atoms with Gasteiger partial charge in [0.2, 0.25) is 0 Å². The maximum Gasteiger partial charge on any atom is 0.357 e. The lowest BCUT2D eigenvalue weighted by atomic mass is 10.0. The Morgan fingerprint density at radius 2 is 0.796 bits per heavy atom. The third-order valence-corrected chi connectivity index (χ3v) is 26.4. The zero-order chi connectivity index (χ0) is 104. The Morgan fingerprint density at radius 1 is 0.408 bits per heavy atom. The summed E-state index contributed by atoms with van der Waals surface area (Å²) in [7, 11) is 3.13. The lowest BCUT2D eigenvalue weighted by Gasteiger charge is -2.13. The number of esters is 5. The van der Waals surface area contributed by atoms with Crippen molar-refractivity contribution in [3.63, 3.8) is 0 Å². The third-order valence-electron chi connectivity index (χ3n) is 24.6. The summed E-state index contributed by atoms with van der Waals surface area (Å²) < 4.78 is 47.1. The highest BCUT2D eigenvalue weighted by Crippen LogP contribution is 2.44. The van der Waals surface area contributed by atoms with Crippen LogP contribution in [-0.4, -0.2) is 133 Å². The number of carbonyl (C=O) groups excluding carboxylic acids is 5. The van der Waals surface area contributed by atoms with Gasteiger partial charge in [0, 0.05) is 192 Å². The Labute approximate surface area is 866 Å². The number of hydrogen-bond acceptors (Lipinski definition) is 24.